The molecule has 2 aromatic carbocycles. The summed E-state index contributed by atoms with van der Waals surface area (Å²) >= 11 is 0. The maximum atomic E-state index is 13.4. The van der Waals surface area contributed by atoms with Crippen molar-refractivity contribution in [2.24, 2.45) is 0 Å². The van der Waals surface area contributed by atoms with Crippen LogP contribution in [0.4, 0.5) is 0 Å². The number of hydrogen-bond donors (Lipinski definition) is 0. The first-order chi connectivity index (χ1) is 13.4. The lowest BCUT2D eigenvalue weighted by atomic mass is 10.0. The molecule has 0 spiro atoms. The highest BCUT2D eigenvalue weighted by Gasteiger charge is 2.46. The van der Waals surface area contributed by atoms with E-state index in [1.165, 1.54) is 11.2 Å². The second kappa shape index (κ2) is 7.44. The monoisotopic (exact) mass is 403 g/mol. The van der Waals surface area contributed by atoms with Gasteiger partial charge in [-0.1, -0.05) is 36.4 Å². The predicted octanol–water partition coefficient (Wildman–Crippen LogP) is 1.62. The molecule has 1 amide bonds. The fraction of sp³-hybridized carbons (Fsp3) is 0.450. The van der Waals surface area contributed by atoms with E-state index in [9.17, 15) is 13.2 Å². The zero-order chi connectivity index (χ0) is 19.9. The van der Waals surface area contributed by atoms with Gasteiger partial charge in [0.05, 0.1) is 12.6 Å². The number of hydrogen-bond acceptors (Lipinski definition) is 5. The molecule has 0 aliphatic carbocycles. The average Bonchev–Trinajstić information content (AvgIpc) is 3.10. The summed E-state index contributed by atoms with van der Waals surface area (Å²) in [6.45, 7) is 3.15. The number of carbonyl (C=O) groups is 1. The fourth-order valence-corrected chi connectivity index (χ4v) is 6.05. The number of sulfonamides is 1. The van der Waals surface area contributed by atoms with Crippen LogP contribution in [0.5, 0.6) is 0 Å². The maximum absolute atomic E-state index is 13.4. The van der Waals surface area contributed by atoms with Gasteiger partial charge in [0.2, 0.25) is 15.9 Å². The van der Waals surface area contributed by atoms with Gasteiger partial charge in [-0.25, -0.2) is 8.42 Å². The SMILES string of the molecule is CC(=O)N1CCN(S(=O)(=O)C2CON(C)C2c2ccc3ccccc3c2)CC1. The van der Waals surface area contributed by atoms with Crippen LogP contribution in [0.25, 0.3) is 10.8 Å². The third-order valence-electron chi connectivity index (χ3n) is 5.73. The smallest absolute Gasteiger partial charge is 0.221 e. The Hall–Kier alpha value is -2.00. The molecule has 2 aromatic rings. The van der Waals surface area contributed by atoms with Crippen molar-refractivity contribution in [3.63, 3.8) is 0 Å². The van der Waals surface area contributed by atoms with E-state index in [0.717, 1.165) is 16.3 Å². The highest BCUT2D eigenvalue weighted by atomic mass is 32.2. The third kappa shape index (κ3) is 3.41. The van der Waals surface area contributed by atoms with Gasteiger partial charge in [-0.05, 0) is 22.4 Å². The fourth-order valence-electron chi connectivity index (χ4n) is 4.11. The second-order valence-electron chi connectivity index (χ2n) is 7.38. The van der Waals surface area contributed by atoms with Crippen molar-refractivity contribution in [1.29, 1.82) is 0 Å². The molecular weight excluding hydrogens is 378 g/mol. The molecule has 0 N–H and O–H groups in total. The Kier molecular flexibility index (Phi) is 5.13. The van der Waals surface area contributed by atoms with Crippen LogP contribution < -0.4 is 0 Å². The van der Waals surface area contributed by atoms with Crippen LogP contribution >= 0.6 is 0 Å². The average molecular weight is 404 g/mol. The first-order valence-electron chi connectivity index (χ1n) is 9.47. The second-order valence-corrected chi connectivity index (χ2v) is 9.53. The highest BCUT2D eigenvalue weighted by Crippen LogP contribution is 2.36. The Morgan fingerprint density at radius 3 is 2.39 bits per heavy atom. The minimum absolute atomic E-state index is 0.0185. The number of nitrogens with zero attached hydrogens (tertiary/aromatic N) is 3. The molecule has 2 heterocycles. The van der Waals surface area contributed by atoms with Crippen molar-refractivity contribution in [2.75, 3.05) is 39.8 Å². The number of carbonyl (C=O) groups excluding carboxylic acids is 1. The molecule has 0 bridgehead atoms. The van der Waals surface area contributed by atoms with Gasteiger partial charge in [0, 0.05) is 40.2 Å². The van der Waals surface area contributed by atoms with Crippen LogP contribution in [0.3, 0.4) is 0 Å². The van der Waals surface area contributed by atoms with Gasteiger partial charge in [-0.3, -0.25) is 9.63 Å². The molecule has 2 unspecified atom stereocenters. The number of amides is 1. The Morgan fingerprint density at radius 2 is 1.71 bits per heavy atom. The van der Waals surface area contributed by atoms with Crippen LogP contribution in [-0.4, -0.2) is 73.7 Å². The van der Waals surface area contributed by atoms with Crippen molar-refractivity contribution in [2.45, 2.75) is 18.2 Å². The summed E-state index contributed by atoms with van der Waals surface area (Å²) in [7, 11) is -1.78. The molecular formula is C20H25N3O4S. The lowest BCUT2D eigenvalue weighted by Gasteiger charge is -2.35. The van der Waals surface area contributed by atoms with Gasteiger partial charge in [0.1, 0.15) is 5.25 Å². The summed E-state index contributed by atoms with van der Waals surface area (Å²) in [6, 6.07) is 13.7. The van der Waals surface area contributed by atoms with E-state index in [-0.39, 0.29) is 18.6 Å². The number of benzene rings is 2. The summed E-state index contributed by atoms with van der Waals surface area (Å²) in [6.07, 6.45) is 0. The number of fused-ring (bicyclic) bond motifs is 1. The normalized spacial score (nSPS) is 24.7. The van der Waals surface area contributed by atoms with Crippen molar-refractivity contribution in [3.8, 4) is 0 Å². The van der Waals surface area contributed by atoms with Gasteiger partial charge in [-0.15, -0.1) is 0 Å². The lowest BCUT2D eigenvalue weighted by molar-refractivity contribution is -0.129. The van der Waals surface area contributed by atoms with E-state index in [1.807, 2.05) is 42.5 Å². The first-order valence-corrected chi connectivity index (χ1v) is 11.0. The van der Waals surface area contributed by atoms with Crippen LogP contribution in [0.2, 0.25) is 0 Å². The lowest BCUT2D eigenvalue weighted by Crippen LogP contribution is -2.53. The standard InChI is InChI=1S/C20H25N3O4S/c1-15(24)22-9-11-23(12-10-22)28(25,26)19-14-27-21(2)20(19)18-8-7-16-5-3-4-6-17(16)13-18/h3-8,13,19-20H,9-12,14H2,1-2H3. The van der Waals surface area contributed by atoms with Gasteiger partial charge in [0.15, 0.2) is 0 Å². The Labute approximate surface area is 165 Å². The molecule has 0 radical (unpaired) electrons. The topological polar surface area (TPSA) is 70.2 Å². The van der Waals surface area contributed by atoms with E-state index in [1.54, 1.807) is 17.0 Å². The minimum atomic E-state index is -3.57. The van der Waals surface area contributed by atoms with E-state index < -0.39 is 15.3 Å². The van der Waals surface area contributed by atoms with E-state index >= 15 is 0 Å². The summed E-state index contributed by atoms with van der Waals surface area (Å²) in [5.41, 5.74) is 0.926. The Morgan fingerprint density at radius 1 is 1.04 bits per heavy atom. The number of hydroxylamine groups is 2. The van der Waals surface area contributed by atoms with Gasteiger partial charge >= 0.3 is 0 Å². The van der Waals surface area contributed by atoms with Crippen LogP contribution in [0, 0.1) is 0 Å². The molecule has 2 atom stereocenters. The zero-order valence-corrected chi connectivity index (χ0v) is 16.9. The molecule has 0 aromatic heterocycles. The quantitative estimate of drug-likeness (QED) is 0.779. The molecule has 2 aliphatic rings. The van der Waals surface area contributed by atoms with Crippen molar-refractivity contribution >= 4 is 26.7 Å². The number of rotatable bonds is 3. The summed E-state index contributed by atoms with van der Waals surface area (Å²) < 4.78 is 28.3. The van der Waals surface area contributed by atoms with Crippen molar-refractivity contribution in [3.05, 3.63) is 48.0 Å². The molecule has 2 saturated heterocycles. The molecule has 0 saturated carbocycles. The molecule has 4 rings (SSSR count). The highest BCUT2D eigenvalue weighted by molar-refractivity contribution is 7.89. The third-order valence-corrected chi connectivity index (χ3v) is 7.97. The predicted molar refractivity (Wildman–Crippen MR) is 107 cm³/mol. The van der Waals surface area contributed by atoms with Crippen LogP contribution in [-0.2, 0) is 19.7 Å². The largest absolute Gasteiger partial charge is 0.340 e. The number of piperazine rings is 1. The molecule has 28 heavy (non-hydrogen) atoms. The summed E-state index contributed by atoms with van der Waals surface area (Å²) in [4.78, 5) is 18.9. The van der Waals surface area contributed by atoms with Crippen LogP contribution in [0.1, 0.15) is 18.5 Å². The van der Waals surface area contributed by atoms with E-state index in [4.69, 9.17) is 4.84 Å². The maximum Gasteiger partial charge on any atom is 0.221 e. The van der Waals surface area contributed by atoms with Crippen LogP contribution in [0.15, 0.2) is 42.5 Å². The molecule has 7 nitrogen and oxygen atoms in total. The molecule has 8 heteroatoms. The molecule has 2 aliphatic heterocycles. The summed E-state index contributed by atoms with van der Waals surface area (Å²) in [5.74, 6) is -0.0185. The van der Waals surface area contributed by atoms with E-state index in [2.05, 4.69) is 0 Å². The minimum Gasteiger partial charge on any atom is -0.340 e. The Balaban J connectivity index is 1.61. The first kappa shape index (κ1) is 19.3. The summed E-state index contributed by atoms with van der Waals surface area (Å²) in [5, 5.41) is 3.17. The molecule has 2 fully saturated rings. The zero-order valence-electron chi connectivity index (χ0n) is 16.1. The van der Waals surface area contributed by atoms with E-state index in [0.29, 0.717) is 26.2 Å². The van der Waals surface area contributed by atoms with Gasteiger partial charge < -0.3 is 4.90 Å². The van der Waals surface area contributed by atoms with Gasteiger partial charge in [0.25, 0.3) is 0 Å². The molecule has 150 valence electrons. The van der Waals surface area contributed by atoms with Crippen molar-refractivity contribution < 1.29 is 18.0 Å². The Bertz CT molecular complexity index is 986. The van der Waals surface area contributed by atoms with Gasteiger partial charge in [-0.2, -0.15) is 9.37 Å². The van der Waals surface area contributed by atoms with Crippen molar-refractivity contribution in [1.82, 2.24) is 14.3 Å².